The van der Waals surface area contributed by atoms with Crippen molar-refractivity contribution in [1.29, 1.82) is 0 Å². The number of rotatable bonds is 9. The van der Waals surface area contributed by atoms with E-state index in [4.69, 9.17) is 18.0 Å². The summed E-state index contributed by atoms with van der Waals surface area (Å²) in [7, 11) is 0. The molecule has 1 atom stereocenters. The van der Waals surface area contributed by atoms with Crippen LogP contribution < -0.4 is 11.1 Å². The highest BCUT2D eigenvalue weighted by Gasteiger charge is 2.21. The number of amides is 1. The highest BCUT2D eigenvalue weighted by molar-refractivity contribution is 7.80. The van der Waals surface area contributed by atoms with Crippen LogP contribution in [0.1, 0.15) is 40.5 Å². The van der Waals surface area contributed by atoms with Crippen LogP contribution in [0.25, 0.3) is 0 Å². The molecule has 0 aliphatic rings. The smallest absolute Gasteiger partial charge is 0.237 e. The number of thiocarbonyl (C=S) groups is 1. The van der Waals surface area contributed by atoms with Gasteiger partial charge < -0.3 is 11.1 Å². The van der Waals surface area contributed by atoms with Crippen LogP contribution >= 0.6 is 12.2 Å². The van der Waals surface area contributed by atoms with E-state index in [1.807, 2.05) is 13.8 Å². The van der Waals surface area contributed by atoms with E-state index in [0.29, 0.717) is 17.3 Å². The third kappa shape index (κ3) is 7.61. The maximum atomic E-state index is 12.0. The number of nitrogens with zero attached hydrogens (tertiary/aromatic N) is 1. The summed E-state index contributed by atoms with van der Waals surface area (Å²) in [4.78, 5) is 14.6. The highest BCUT2D eigenvalue weighted by Crippen LogP contribution is 2.06. The van der Waals surface area contributed by atoms with Gasteiger partial charge in [0.1, 0.15) is 0 Å². The molecule has 0 aliphatic heterocycles. The maximum Gasteiger partial charge on any atom is 0.237 e. The second-order valence-corrected chi connectivity index (χ2v) is 5.60. The summed E-state index contributed by atoms with van der Waals surface area (Å²) in [6.45, 7) is 10.6. The molecule has 0 heterocycles. The fourth-order valence-electron chi connectivity index (χ4n) is 1.73. The van der Waals surface area contributed by atoms with Crippen molar-refractivity contribution < 1.29 is 4.79 Å². The molecule has 0 aromatic rings. The molecule has 0 spiro atoms. The van der Waals surface area contributed by atoms with Gasteiger partial charge in [0, 0.05) is 26.1 Å². The quantitative estimate of drug-likeness (QED) is 0.626. The fraction of sp³-hybridized carbons (Fsp3) is 0.846. The molecule has 0 saturated carbocycles. The van der Waals surface area contributed by atoms with Crippen LogP contribution in [0.2, 0.25) is 0 Å². The van der Waals surface area contributed by atoms with E-state index in [1.54, 1.807) is 0 Å². The van der Waals surface area contributed by atoms with Gasteiger partial charge in [-0.2, -0.15) is 0 Å². The van der Waals surface area contributed by atoms with Crippen molar-refractivity contribution in [1.82, 2.24) is 10.2 Å². The average molecular weight is 273 g/mol. The molecule has 0 fully saturated rings. The minimum Gasteiger partial charge on any atom is -0.393 e. The lowest BCUT2D eigenvalue weighted by Crippen LogP contribution is -2.47. The molecule has 5 heteroatoms. The number of nitrogens with two attached hydrogens (primary N) is 1. The third-order valence-corrected chi connectivity index (χ3v) is 2.93. The number of nitrogens with one attached hydrogen (secondary N) is 1. The Morgan fingerprint density at radius 2 is 2.00 bits per heavy atom. The molecule has 0 radical (unpaired) electrons. The standard InChI is InChI=1S/C13H27N3OS/c1-5-7-15-13(17)11(4)16(9-10(2)3)8-6-12(14)18/h10-11H,5-9H2,1-4H3,(H2,14,18)(H,15,17). The van der Waals surface area contributed by atoms with Crippen molar-refractivity contribution in [2.24, 2.45) is 11.7 Å². The van der Waals surface area contributed by atoms with Gasteiger partial charge in [0.15, 0.2) is 0 Å². The minimum absolute atomic E-state index is 0.0837. The zero-order valence-corrected chi connectivity index (χ0v) is 12.8. The number of carbonyl (C=O) groups is 1. The molecule has 0 rings (SSSR count). The first-order valence-electron chi connectivity index (χ1n) is 6.68. The first kappa shape index (κ1) is 17.3. The number of carbonyl (C=O) groups excluding carboxylic acids is 1. The van der Waals surface area contributed by atoms with Gasteiger partial charge in [-0.15, -0.1) is 0 Å². The normalized spacial score (nSPS) is 12.8. The van der Waals surface area contributed by atoms with Crippen molar-refractivity contribution in [2.45, 2.75) is 46.6 Å². The summed E-state index contributed by atoms with van der Waals surface area (Å²) >= 11 is 4.90. The van der Waals surface area contributed by atoms with Gasteiger partial charge in [-0.3, -0.25) is 9.69 Å². The lowest BCUT2D eigenvalue weighted by Gasteiger charge is -2.29. The topological polar surface area (TPSA) is 58.4 Å². The molecule has 3 N–H and O–H groups in total. The highest BCUT2D eigenvalue weighted by atomic mass is 32.1. The van der Waals surface area contributed by atoms with Gasteiger partial charge in [-0.05, 0) is 19.3 Å². The first-order chi connectivity index (χ1) is 8.38. The van der Waals surface area contributed by atoms with Crippen LogP contribution in [-0.4, -0.2) is 41.5 Å². The van der Waals surface area contributed by atoms with Crippen molar-refractivity contribution in [3.63, 3.8) is 0 Å². The van der Waals surface area contributed by atoms with Gasteiger partial charge in [-0.25, -0.2) is 0 Å². The predicted octanol–water partition coefficient (Wildman–Crippen LogP) is 1.54. The maximum absolute atomic E-state index is 12.0. The lowest BCUT2D eigenvalue weighted by atomic mass is 10.1. The van der Waals surface area contributed by atoms with Crippen LogP contribution in [0.15, 0.2) is 0 Å². The van der Waals surface area contributed by atoms with Gasteiger partial charge in [0.05, 0.1) is 11.0 Å². The molecule has 1 unspecified atom stereocenters. The Hall–Kier alpha value is -0.680. The summed E-state index contributed by atoms with van der Waals surface area (Å²) in [5.74, 6) is 0.596. The van der Waals surface area contributed by atoms with E-state index in [0.717, 1.165) is 26.1 Å². The fourth-order valence-corrected chi connectivity index (χ4v) is 1.82. The molecule has 0 aromatic carbocycles. The Kier molecular flexibility index (Phi) is 8.93. The van der Waals surface area contributed by atoms with Crippen LogP contribution in [0, 0.1) is 5.92 Å². The van der Waals surface area contributed by atoms with E-state index in [9.17, 15) is 4.79 Å². The molecule has 0 saturated heterocycles. The van der Waals surface area contributed by atoms with Gasteiger partial charge >= 0.3 is 0 Å². The van der Waals surface area contributed by atoms with Crippen LogP contribution in [0.5, 0.6) is 0 Å². The lowest BCUT2D eigenvalue weighted by molar-refractivity contribution is -0.126. The largest absolute Gasteiger partial charge is 0.393 e. The molecule has 106 valence electrons. The zero-order chi connectivity index (χ0) is 14.1. The molecular weight excluding hydrogens is 246 g/mol. The van der Waals surface area contributed by atoms with Crippen LogP contribution in [0.4, 0.5) is 0 Å². The van der Waals surface area contributed by atoms with E-state index < -0.39 is 0 Å². The zero-order valence-electron chi connectivity index (χ0n) is 12.0. The van der Waals surface area contributed by atoms with Gasteiger partial charge in [-0.1, -0.05) is 33.0 Å². The Bertz CT molecular complexity index is 269. The third-order valence-electron chi connectivity index (χ3n) is 2.72. The summed E-state index contributed by atoms with van der Waals surface area (Å²) in [6, 6.07) is -0.131. The summed E-state index contributed by atoms with van der Waals surface area (Å²) in [6.07, 6.45) is 1.61. The summed E-state index contributed by atoms with van der Waals surface area (Å²) in [5.41, 5.74) is 5.53. The first-order valence-corrected chi connectivity index (χ1v) is 7.09. The Morgan fingerprint density at radius 1 is 1.39 bits per heavy atom. The molecule has 0 bridgehead atoms. The van der Waals surface area contributed by atoms with E-state index in [-0.39, 0.29) is 11.9 Å². The molecular formula is C13H27N3OS. The van der Waals surface area contributed by atoms with Crippen molar-refractivity contribution in [2.75, 3.05) is 19.6 Å². The average Bonchev–Trinajstić information content (AvgIpc) is 2.29. The minimum atomic E-state index is -0.131. The Balaban J connectivity index is 4.41. The van der Waals surface area contributed by atoms with Gasteiger partial charge in [0.25, 0.3) is 0 Å². The summed E-state index contributed by atoms with van der Waals surface area (Å²) < 4.78 is 0. The molecule has 0 aliphatic carbocycles. The van der Waals surface area contributed by atoms with Gasteiger partial charge in [0.2, 0.25) is 5.91 Å². The predicted molar refractivity (Wildman–Crippen MR) is 80.6 cm³/mol. The van der Waals surface area contributed by atoms with Crippen LogP contribution in [0.3, 0.4) is 0 Å². The molecule has 1 amide bonds. The van der Waals surface area contributed by atoms with Crippen LogP contribution in [-0.2, 0) is 4.79 Å². The molecule has 4 nitrogen and oxygen atoms in total. The van der Waals surface area contributed by atoms with E-state index in [1.165, 1.54) is 0 Å². The summed E-state index contributed by atoms with van der Waals surface area (Å²) in [5, 5.41) is 2.93. The number of hydrogen-bond donors (Lipinski definition) is 2. The van der Waals surface area contributed by atoms with Crippen molar-refractivity contribution >= 4 is 23.1 Å². The Labute approximate surface area is 116 Å². The monoisotopic (exact) mass is 273 g/mol. The van der Waals surface area contributed by atoms with Crippen molar-refractivity contribution in [3.05, 3.63) is 0 Å². The SMILES string of the molecule is CCCNC(=O)C(C)N(CCC(N)=S)CC(C)C. The Morgan fingerprint density at radius 3 is 2.44 bits per heavy atom. The second kappa shape index (κ2) is 9.28. The molecule has 18 heavy (non-hydrogen) atoms. The molecule has 0 aromatic heterocycles. The van der Waals surface area contributed by atoms with Crippen molar-refractivity contribution in [3.8, 4) is 0 Å². The number of hydrogen-bond acceptors (Lipinski definition) is 3. The van der Waals surface area contributed by atoms with E-state index >= 15 is 0 Å². The van der Waals surface area contributed by atoms with E-state index in [2.05, 4.69) is 24.1 Å². The second-order valence-electron chi connectivity index (χ2n) is 5.07.